The molecule has 0 amide bonds. The summed E-state index contributed by atoms with van der Waals surface area (Å²) in [5.74, 6) is 0.778. The smallest absolute Gasteiger partial charge is 0.215 e. The van der Waals surface area contributed by atoms with Crippen LogP contribution in [0.3, 0.4) is 0 Å². The molecule has 3 heterocycles. The van der Waals surface area contributed by atoms with Gasteiger partial charge < -0.3 is 0 Å². The fraction of sp³-hybridized carbons (Fsp3) is 0.222. The number of aromatic nitrogens is 6. The summed E-state index contributed by atoms with van der Waals surface area (Å²) in [6.45, 7) is 2.56. The largest absolute Gasteiger partial charge is 0.216 e. The van der Waals surface area contributed by atoms with Crippen LogP contribution in [0.25, 0.3) is 0 Å². The van der Waals surface area contributed by atoms with E-state index in [1.54, 1.807) is 16.0 Å². The van der Waals surface area contributed by atoms with Crippen LogP contribution in [0.15, 0.2) is 27.0 Å². The predicted molar refractivity (Wildman–Crippen MR) is 70.0 cm³/mol. The van der Waals surface area contributed by atoms with E-state index < -0.39 is 0 Å². The number of tetrazole rings is 1. The highest BCUT2D eigenvalue weighted by Gasteiger charge is 2.11. The van der Waals surface area contributed by atoms with Gasteiger partial charge in [-0.3, -0.25) is 0 Å². The summed E-state index contributed by atoms with van der Waals surface area (Å²) in [5, 5.41) is 14.5. The Labute approximate surface area is 115 Å². The number of aryl methyl sites for hydroxylation is 1. The first-order valence-electron chi connectivity index (χ1n) is 5.08. The summed E-state index contributed by atoms with van der Waals surface area (Å²) >= 11 is 4.49. The molecule has 3 rings (SSSR count). The zero-order valence-electron chi connectivity index (χ0n) is 9.35. The summed E-state index contributed by atoms with van der Waals surface area (Å²) in [4.78, 5) is 5.51. The van der Waals surface area contributed by atoms with Crippen molar-refractivity contribution in [1.29, 1.82) is 0 Å². The van der Waals surface area contributed by atoms with Crippen LogP contribution in [0.1, 0.15) is 10.7 Å². The first-order chi connectivity index (χ1) is 8.81. The Morgan fingerprint density at radius 2 is 2.39 bits per heavy atom. The van der Waals surface area contributed by atoms with E-state index in [1.807, 2.05) is 18.4 Å². The average Bonchev–Trinajstić information content (AvgIpc) is 3.05. The van der Waals surface area contributed by atoms with Gasteiger partial charge in [0.15, 0.2) is 4.34 Å². The van der Waals surface area contributed by atoms with E-state index in [-0.39, 0.29) is 0 Å². The molecule has 0 aliphatic rings. The SMILES string of the molecule is Cc1nsc(Sc2nnnn2Cc2cccs2)n1. The van der Waals surface area contributed by atoms with Crippen molar-refractivity contribution < 1.29 is 0 Å². The van der Waals surface area contributed by atoms with Crippen molar-refractivity contribution in [2.75, 3.05) is 0 Å². The molecular formula is C9H8N6S3. The van der Waals surface area contributed by atoms with E-state index in [1.165, 1.54) is 28.2 Å². The zero-order chi connectivity index (χ0) is 12.4. The standard InChI is InChI=1S/C9H8N6S3/c1-6-10-9(18-12-6)17-8-11-13-14-15(8)5-7-3-2-4-16-7/h2-4H,5H2,1H3. The van der Waals surface area contributed by atoms with Crippen molar-refractivity contribution in [3.05, 3.63) is 28.2 Å². The molecule has 0 fully saturated rings. The lowest BCUT2D eigenvalue weighted by Crippen LogP contribution is -2.02. The number of nitrogens with zero attached hydrogens (tertiary/aromatic N) is 6. The highest BCUT2D eigenvalue weighted by Crippen LogP contribution is 2.27. The molecule has 0 N–H and O–H groups in total. The fourth-order valence-corrected chi connectivity index (χ4v) is 3.53. The van der Waals surface area contributed by atoms with Crippen LogP contribution in [-0.4, -0.2) is 29.6 Å². The number of hydrogen-bond donors (Lipinski definition) is 0. The van der Waals surface area contributed by atoms with Gasteiger partial charge in [-0.25, -0.2) is 9.67 Å². The number of thiophene rings is 1. The molecule has 0 spiro atoms. The van der Waals surface area contributed by atoms with Gasteiger partial charge in [0.1, 0.15) is 5.82 Å². The minimum absolute atomic E-state index is 0.685. The predicted octanol–water partition coefficient (Wildman–Crippen LogP) is 2.09. The molecule has 0 aromatic carbocycles. The Hall–Kier alpha value is -1.32. The molecule has 9 heteroatoms. The van der Waals surface area contributed by atoms with Gasteiger partial charge in [-0.2, -0.15) is 4.37 Å². The van der Waals surface area contributed by atoms with E-state index in [0.29, 0.717) is 6.54 Å². The minimum atomic E-state index is 0.685. The van der Waals surface area contributed by atoms with Crippen molar-refractivity contribution in [3.8, 4) is 0 Å². The van der Waals surface area contributed by atoms with E-state index in [9.17, 15) is 0 Å². The molecule has 92 valence electrons. The topological polar surface area (TPSA) is 69.4 Å². The number of hydrogen-bond acceptors (Lipinski definition) is 8. The molecule has 0 aliphatic carbocycles. The van der Waals surface area contributed by atoms with Crippen molar-refractivity contribution in [2.24, 2.45) is 0 Å². The molecule has 0 unspecified atom stereocenters. The molecule has 6 nitrogen and oxygen atoms in total. The molecule has 0 aliphatic heterocycles. The molecule has 18 heavy (non-hydrogen) atoms. The lowest BCUT2D eigenvalue weighted by Gasteiger charge is -1.99. The van der Waals surface area contributed by atoms with Crippen LogP contribution in [0.4, 0.5) is 0 Å². The molecule has 0 atom stereocenters. The lowest BCUT2D eigenvalue weighted by atomic mass is 10.5. The molecule has 0 saturated heterocycles. The lowest BCUT2D eigenvalue weighted by molar-refractivity contribution is 0.608. The zero-order valence-corrected chi connectivity index (χ0v) is 11.8. The summed E-state index contributed by atoms with van der Waals surface area (Å²) < 4.78 is 6.76. The third kappa shape index (κ3) is 2.57. The fourth-order valence-electron chi connectivity index (χ4n) is 1.32. The Kier molecular flexibility index (Phi) is 3.35. The Morgan fingerprint density at radius 1 is 1.44 bits per heavy atom. The summed E-state index contributed by atoms with van der Waals surface area (Å²) in [5.41, 5.74) is 0. The normalized spacial score (nSPS) is 10.9. The molecule has 3 aromatic heterocycles. The Bertz CT molecular complexity index is 628. The summed E-state index contributed by atoms with van der Waals surface area (Å²) in [6, 6.07) is 4.08. The molecule has 0 saturated carbocycles. The van der Waals surface area contributed by atoms with Crippen molar-refractivity contribution >= 4 is 34.6 Å². The highest BCUT2D eigenvalue weighted by molar-refractivity contribution is 8.00. The van der Waals surface area contributed by atoms with Gasteiger partial charge in [-0.1, -0.05) is 6.07 Å². The van der Waals surface area contributed by atoms with Crippen molar-refractivity contribution in [3.63, 3.8) is 0 Å². The van der Waals surface area contributed by atoms with Gasteiger partial charge in [-0.15, -0.1) is 16.4 Å². The maximum absolute atomic E-state index is 4.29. The first kappa shape index (κ1) is 11.8. The monoisotopic (exact) mass is 296 g/mol. The minimum Gasteiger partial charge on any atom is -0.215 e. The van der Waals surface area contributed by atoms with Crippen LogP contribution in [-0.2, 0) is 6.54 Å². The van der Waals surface area contributed by atoms with Crippen LogP contribution in [0.5, 0.6) is 0 Å². The van der Waals surface area contributed by atoms with Crippen LogP contribution < -0.4 is 0 Å². The van der Waals surface area contributed by atoms with E-state index in [2.05, 4.69) is 30.9 Å². The third-order valence-corrected chi connectivity index (χ3v) is 4.75. The second-order valence-corrected chi connectivity index (χ2v) is 6.41. The van der Waals surface area contributed by atoms with Gasteiger partial charge in [0.25, 0.3) is 0 Å². The van der Waals surface area contributed by atoms with Crippen molar-refractivity contribution in [1.82, 2.24) is 29.6 Å². The van der Waals surface area contributed by atoms with Gasteiger partial charge in [-0.05, 0) is 52.1 Å². The maximum Gasteiger partial charge on any atom is 0.216 e. The Balaban J connectivity index is 1.79. The van der Waals surface area contributed by atoms with Crippen LogP contribution in [0.2, 0.25) is 0 Å². The number of rotatable bonds is 4. The van der Waals surface area contributed by atoms with Gasteiger partial charge in [0, 0.05) is 4.88 Å². The maximum atomic E-state index is 4.29. The van der Waals surface area contributed by atoms with E-state index >= 15 is 0 Å². The Morgan fingerprint density at radius 3 is 3.11 bits per heavy atom. The second-order valence-electron chi connectivity index (χ2n) is 3.41. The van der Waals surface area contributed by atoms with Gasteiger partial charge in [0.05, 0.1) is 6.54 Å². The average molecular weight is 296 g/mol. The van der Waals surface area contributed by atoms with Gasteiger partial charge >= 0.3 is 0 Å². The first-order valence-corrected chi connectivity index (χ1v) is 7.55. The molecular weight excluding hydrogens is 288 g/mol. The molecule has 0 bridgehead atoms. The molecule has 3 aromatic rings. The summed E-state index contributed by atoms with van der Waals surface area (Å²) in [7, 11) is 0. The van der Waals surface area contributed by atoms with Gasteiger partial charge in [0.2, 0.25) is 5.16 Å². The highest BCUT2D eigenvalue weighted by atomic mass is 32.2. The third-order valence-electron chi connectivity index (χ3n) is 2.07. The quantitative estimate of drug-likeness (QED) is 0.734. The van der Waals surface area contributed by atoms with Crippen LogP contribution >= 0.6 is 34.6 Å². The van der Waals surface area contributed by atoms with E-state index in [0.717, 1.165) is 15.3 Å². The van der Waals surface area contributed by atoms with E-state index in [4.69, 9.17) is 0 Å². The molecule has 0 radical (unpaired) electrons. The van der Waals surface area contributed by atoms with Crippen molar-refractivity contribution in [2.45, 2.75) is 23.0 Å². The second kappa shape index (κ2) is 5.12. The summed E-state index contributed by atoms with van der Waals surface area (Å²) in [6.07, 6.45) is 0. The van der Waals surface area contributed by atoms with Crippen LogP contribution in [0, 0.1) is 6.92 Å².